The van der Waals surface area contributed by atoms with Gasteiger partial charge in [0.1, 0.15) is 0 Å². The largest absolute Gasteiger partial charge is 0.354 e. The van der Waals surface area contributed by atoms with E-state index in [-0.39, 0.29) is 48.6 Å². The summed E-state index contributed by atoms with van der Waals surface area (Å²) in [4.78, 5) is 37.4. The lowest BCUT2D eigenvalue weighted by Gasteiger charge is -2.16. The lowest BCUT2D eigenvalue weighted by atomic mass is 9.85. The second kappa shape index (κ2) is 6.20. The van der Waals surface area contributed by atoms with Gasteiger partial charge in [-0.05, 0) is 26.2 Å². The summed E-state index contributed by atoms with van der Waals surface area (Å²) in [5.41, 5.74) is 0. The van der Waals surface area contributed by atoms with Gasteiger partial charge in [-0.15, -0.1) is 0 Å². The third kappa shape index (κ3) is 2.92. The first-order valence-electron chi connectivity index (χ1n) is 7.34. The van der Waals surface area contributed by atoms with Gasteiger partial charge in [0.15, 0.2) is 0 Å². The summed E-state index contributed by atoms with van der Waals surface area (Å²) >= 11 is 0. The van der Waals surface area contributed by atoms with E-state index in [2.05, 4.69) is 5.32 Å². The molecule has 0 saturated carbocycles. The molecule has 5 nitrogen and oxygen atoms in total. The molecule has 1 aliphatic heterocycles. The van der Waals surface area contributed by atoms with Gasteiger partial charge in [0.05, 0.1) is 11.8 Å². The summed E-state index contributed by atoms with van der Waals surface area (Å²) in [5, 5.41) is 2.85. The highest BCUT2D eigenvalue weighted by Crippen LogP contribution is 2.34. The fourth-order valence-electron chi connectivity index (χ4n) is 2.75. The van der Waals surface area contributed by atoms with Crippen LogP contribution >= 0.6 is 0 Å². The molecule has 0 aromatic rings. The molecule has 110 valence electrons. The topological polar surface area (TPSA) is 66.5 Å². The maximum absolute atomic E-state index is 12.2. The predicted octanol–water partition coefficient (Wildman–Crippen LogP) is 1.24. The van der Waals surface area contributed by atoms with Crippen LogP contribution in [0.4, 0.5) is 0 Å². The fraction of sp³-hybridized carbons (Fsp3) is 0.667. The molecule has 1 aliphatic carbocycles. The number of carbonyl (C=O) groups is 3. The summed E-state index contributed by atoms with van der Waals surface area (Å²) in [5.74, 6) is -0.732. The number of allylic oxidation sites excluding steroid dienone is 2. The van der Waals surface area contributed by atoms with E-state index in [9.17, 15) is 14.4 Å². The molecule has 2 rings (SSSR count). The van der Waals surface area contributed by atoms with Crippen molar-refractivity contribution in [2.24, 2.45) is 11.8 Å². The van der Waals surface area contributed by atoms with Crippen LogP contribution in [-0.4, -0.2) is 35.2 Å². The lowest BCUT2D eigenvalue weighted by Crippen LogP contribution is -2.37. The number of hydrogen-bond acceptors (Lipinski definition) is 3. The van der Waals surface area contributed by atoms with Crippen LogP contribution < -0.4 is 5.32 Å². The number of carbonyl (C=O) groups excluding carboxylic acids is 3. The molecule has 2 aliphatic rings. The molecule has 3 amide bonds. The van der Waals surface area contributed by atoms with Crippen LogP contribution in [0.25, 0.3) is 0 Å². The Bertz CT molecular complexity index is 418. The van der Waals surface area contributed by atoms with Crippen molar-refractivity contribution >= 4 is 17.7 Å². The molecule has 0 spiro atoms. The minimum absolute atomic E-state index is 0.104. The lowest BCUT2D eigenvalue weighted by molar-refractivity contribution is -0.140. The fourth-order valence-corrected chi connectivity index (χ4v) is 2.75. The van der Waals surface area contributed by atoms with Crippen molar-refractivity contribution in [2.75, 3.05) is 6.54 Å². The standard InChI is InChI=1S/C15H22N2O3/c1-3-10(2)16-13(18)8-9-17-14(19)11-6-4-5-7-12(11)15(17)20/h4-5,10-12H,3,6-9H2,1-2H3,(H,16,18)/t10?,11-,12+. The van der Waals surface area contributed by atoms with Gasteiger partial charge in [-0.25, -0.2) is 0 Å². The van der Waals surface area contributed by atoms with E-state index in [1.807, 2.05) is 26.0 Å². The average molecular weight is 278 g/mol. The normalized spacial score (nSPS) is 26.6. The molecule has 0 aromatic carbocycles. The van der Waals surface area contributed by atoms with Gasteiger partial charge >= 0.3 is 0 Å². The summed E-state index contributed by atoms with van der Waals surface area (Å²) in [6.07, 6.45) is 6.27. The van der Waals surface area contributed by atoms with Gasteiger partial charge < -0.3 is 5.32 Å². The number of hydrogen-bond donors (Lipinski definition) is 1. The third-order valence-electron chi connectivity index (χ3n) is 4.18. The smallest absolute Gasteiger partial charge is 0.233 e. The van der Waals surface area contributed by atoms with Crippen molar-refractivity contribution in [3.8, 4) is 0 Å². The molecular weight excluding hydrogens is 256 g/mol. The van der Waals surface area contributed by atoms with Gasteiger partial charge in [0.2, 0.25) is 17.7 Å². The number of likely N-dealkylation sites (tertiary alicyclic amines) is 1. The van der Waals surface area contributed by atoms with E-state index < -0.39 is 0 Å². The number of fused-ring (bicyclic) bond motifs is 1. The molecule has 5 heteroatoms. The van der Waals surface area contributed by atoms with Gasteiger partial charge in [-0.2, -0.15) is 0 Å². The maximum atomic E-state index is 12.2. The van der Waals surface area contributed by atoms with Crippen LogP contribution in [0.3, 0.4) is 0 Å². The van der Waals surface area contributed by atoms with Crippen molar-refractivity contribution in [3.63, 3.8) is 0 Å². The Morgan fingerprint density at radius 1 is 1.30 bits per heavy atom. The first kappa shape index (κ1) is 14.8. The predicted molar refractivity (Wildman–Crippen MR) is 74.6 cm³/mol. The summed E-state index contributed by atoms with van der Waals surface area (Å²) in [7, 11) is 0. The second-order valence-electron chi connectivity index (χ2n) is 5.61. The van der Waals surface area contributed by atoms with Crippen LogP contribution in [-0.2, 0) is 14.4 Å². The van der Waals surface area contributed by atoms with E-state index in [4.69, 9.17) is 0 Å². The summed E-state index contributed by atoms with van der Waals surface area (Å²) in [6, 6.07) is 0.124. The molecule has 1 unspecified atom stereocenters. The SMILES string of the molecule is CCC(C)NC(=O)CCN1C(=O)[C@H]2CC=CC[C@H]2C1=O. The highest BCUT2D eigenvalue weighted by molar-refractivity contribution is 6.05. The molecule has 1 N–H and O–H groups in total. The third-order valence-corrected chi connectivity index (χ3v) is 4.18. The number of imide groups is 1. The van der Waals surface area contributed by atoms with Gasteiger partial charge in [-0.1, -0.05) is 19.1 Å². The van der Waals surface area contributed by atoms with Crippen LogP contribution in [0.5, 0.6) is 0 Å². The Morgan fingerprint density at radius 2 is 1.85 bits per heavy atom. The number of rotatable bonds is 5. The molecule has 0 aromatic heterocycles. The van der Waals surface area contributed by atoms with Crippen LogP contribution in [0.15, 0.2) is 12.2 Å². The van der Waals surface area contributed by atoms with Crippen molar-refractivity contribution in [3.05, 3.63) is 12.2 Å². The Balaban J connectivity index is 1.89. The first-order valence-corrected chi connectivity index (χ1v) is 7.34. The summed E-state index contributed by atoms with van der Waals surface area (Å²) < 4.78 is 0. The summed E-state index contributed by atoms with van der Waals surface area (Å²) in [6.45, 7) is 4.13. The monoisotopic (exact) mass is 278 g/mol. The second-order valence-corrected chi connectivity index (χ2v) is 5.61. The van der Waals surface area contributed by atoms with Crippen molar-refractivity contribution in [1.29, 1.82) is 0 Å². The van der Waals surface area contributed by atoms with Gasteiger partial charge in [0.25, 0.3) is 0 Å². The number of nitrogens with zero attached hydrogens (tertiary/aromatic N) is 1. The zero-order chi connectivity index (χ0) is 14.7. The zero-order valence-electron chi connectivity index (χ0n) is 12.1. The van der Waals surface area contributed by atoms with Crippen LogP contribution in [0.2, 0.25) is 0 Å². The van der Waals surface area contributed by atoms with Crippen molar-refractivity contribution < 1.29 is 14.4 Å². The van der Waals surface area contributed by atoms with E-state index in [1.54, 1.807) is 0 Å². The Morgan fingerprint density at radius 3 is 2.35 bits per heavy atom. The van der Waals surface area contributed by atoms with Gasteiger partial charge in [0, 0.05) is 19.0 Å². The van der Waals surface area contributed by atoms with Crippen LogP contribution in [0.1, 0.15) is 39.5 Å². The number of nitrogens with one attached hydrogen (secondary N) is 1. The van der Waals surface area contributed by atoms with Crippen LogP contribution in [0, 0.1) is 11.8 Å². The number of amides is 3. The van der Waals surface area contributed by atoms with E-state index in [1.165, 1.54) is 4.90 Å². The maximum Gasteiger partial charge on any atom is 0.233 e. The molecule has 1 fully saturated rings. The molecular formula is C15H22N2O3. The molecule has 1 heterocycles. The van der Waals surface area contributed by atoms with Crippen molar-refractivity contribution in [2.45, 2.75) is 45.6 Å². The first-order chi connectivity index (χ1) is 9.54. The quantitative estimate of drug-likeness (QED) is 0.608. The molecule has 20 heavy (non-hydrogen) atoms. The van der Waals surface area contributed by atoms with E-state index >= 15 is 0 Å². The average Bonchev–Trinajstić information content (AvgIpc) is 2.69. The molecule has 0 radical (unpaired) electrons. The zero-order valence-corrected chi connectivity index (χ0v) is 12.1. The van der Waals surface area contributed by atoms with E-state index in [0.29, 0.717) is 12.8 Å². The Labute approximate surface area is 119 Å². The molecule has 0 bridgehead atoms. The highest BCUT2D eigenvalue weighted by Gasteiger charge is 2.46. The van der Waals surface area contributed by atoms with E-state index in [0.717, 1.165) is 6.42 Å². The molecule has 1 saturated heterocycles. The molecule has 3 atom stereocenters. The van der Waals surface area contributed by atoms with Crippen molar-refractivity contribution in [1.82, 2.24) is 10.2 Å². The minimum Gasteiger partial charge on any atom is -0.354 e. The van der Waals surface area contributed by atoms with Gasteiger partial charge in [-0.3, -0.25) is 19.3 Å². The highest BCUT2D eigenvalue weighted by atomic mass is 16.2. The Hall–Kier alpha value is -1.65. The Kier molecular flexibility index (Phi) is 4.57. The minimum atomic E-state index is -0.204.